The van der Waals surface area contributed by atoms with Gasteiger partial charge in [-0.25, -0.2) is 4.57 Å². The minimum absolute atomic E-state index is 0.0493. The maximum atomic E-state index is 12.7. The fourth-order valence-corrected chi connectivity index (χ4v) is 7.06. The molecule has 0 saturated carbocycles. The van der Waals surface area contributed by atoms with Gasteiger partial charge in [0.25, 0.3) is 0 Å². The monoisotopic (exact) mass is 749 g/mol. The molecule has 0 heterocycles. The van der Waals surface area contributed by atoms with Gasteiger partial charge in [-0.15, -0.1) is 0 Å². The molecular formula is C41H83NO8P+. The SMILES string of the molecule is CCCCCCCCCCCCCCCC(=O)OCC(COC(=O)CCCCCCCCCCCCCCC)OP(=O)(O)OCCC[N+](C)(C)C. The molecule has 9 nitrogen and oxygen atoms in total. The first-order valence-corrected chi connectivity index (χ1v) is 22.8. The lowest BCUT2D eigenvalue weighted by Crippen LogP contribution is -2.35. The molecule has 0 aliphatic carbocycles. The summed E-state index contributed by atoms with van der Waals surface area (Å²) in [7, 11) is 1.65. The van der Waals surface area contributed by atoms with Gasteiger partial charge < -0.3 is 18.9 Å². The minimum atomic E-state index is -4.44. The zero-order valence-electron chi connectivity index (χ0n) is 34.1. The van der Waals surface area contributed by atoms with Crippen molar-refractivity contribution in [3.05, 3.63) is 0 Å². The van der Waals surface area contributed by atoms with Crippen molar-refractivity contribution in [3.8, 4) is 0 Å². The van der Waals surface area contributed by atoms with Gasteiger partial charge in [-0.05, 0) is 12.8 Å². The summed E-state index contributed by atoms with van der Waals surface area (Å²) >= 11 is 0. The summed E-state index contributed by atoms with van der Waals surface area (Å²) in [6.45, 7) is 4.75. The van der Waals surface area contributed by atoms with E-state index in [0.29, 0.717) is 10.9 Å². The molecule has 1 unspecified atom stereocenters. The standard InChI is InChI=1S/C41H82NO8P/c1-6-8-10-12-14-16-18-20-22-24-26-28-30-33-40(43)47-37-39(50-51(45,46)49-36-32-35-42(3,4)5)38-48-41(44)34-31-29-27-25-23-21-19-17-15-13-11-9-7-2/h39H,6-38H2,1-5H3/p+1. The molecule has 0 aromatic rings. The van der Waals surface area contributed by atoms with Gasteiger partial charge in [0.2, 0.25) is 0 Å². The molecule has 0 fully saturated rings. The minimum Gasteiger partial charge on any atom is -0.463 e. The third-order valence-electron chi connectivity index (χ3n) is 9.34. The van der Waals surface area contributed by atoms with Crippen LogP contribution in [0.15, 0.2) is 0 Å². The fraction of sp³-hybridized carbons (Fsp3) is 0.951. The summed E-state index contributed by atoms with van der Waals surface area (Å²) in [5.74, 6) is -0.775. The number of phosphoric acid groups is 1. The lowest BCUT2D eigenvalue weighted by Gasteiger charge is -2.24. The molecule has 0 amide bonds. The smallest absolute Gasteiger partial charge is 0.463 e. The Morgan fingerprint density at radius 2 is 0.843 bits per heavy atom. The quantitative estimate of drug-likeness (QED) is 0.0286. The molecule has 0 saturated heterocycles. The molecule has 0 spiro atoms. The number of nitrogens with zero attached hydrogens (tertiary/aromatic N) is 1. The van der Waals surface area contributed by atoms with Crippen LogP contribution in [-0.2, 0) is 32.7 Å². The van der Waals surface area contributed by atoms with Gasteiger partial charge in [-0.3, -0.25) is 18.6 Å². The van der Waals surface area contributed by atoms with E-state index >= 15 is 0 Å². The Balaban J connectivity index is 4.36. The number of unbranched alkanes of at least 4 members (excludes halogenated alkanes) is 24. The van der Waals surface area contributed by atoms with Crippen LogP contribution < -0.4 is 0 Å². The van der Waals surface area contributed by atoms with E-state index in [4.69, 9.17) is 18.5 Å². The van der Waals surface area contributed by atoms with Gasteiger partial charge in [0.15, 0.2) is 0 Å². The molecule has 10 heteroatoms. The number of hydrogen-bond acceptors (Lipinski definition) is 7. The van der Waals surface area contributed by atoms with Crippen molar-refractivity contribution in [2.24, 2.45) is 0 Å². The van der Waals surface area contributed by atoms with E-state index in [0.717, 1.165) is 45.1 Å². The highest BCUT2D eigenvalue weighted by atomic mass is 31.2. The molecule has 0 aromatic heterocycles. The topological polar surface area (TPSA) is 108 Å². The maximum Gasteiger partial charge on any atom is 0.472 e. The predicted molar refractivity (Wildman–Crippen MR) is 211 cm³/mol. The van der Waals surface area contributed by atoms with Gasteiger partial charge in [-0.1, -0.05) is 168 Å². The largest absolute Gasteiger partial charge is 0.472 e. The number of ether oxygens (including phenoxy) is 2. The van der Waals surface area contributed by atoms with Gasteiger partial charge in [0, 0.05) is 19.3 Å². The molecule has 0 radical (unpaired) electrons. The predicted octanol–water partition coefficient (Wildman–Crippen LogP) is 11.6. The van der Waals surface area contributed by atoms with Crippen molar-refractivity contribution in [2.75, 3.05) is 47.5 Å². The lowest BCUT2D eigenvalue weighted by molar-refractivity contribution is -0.870. The number of rotatable bonds is 39. The highest BCUT2D eigenvalue weighted by molar-refractivity contribution is 7.47. The van der Waals surface area contributed by atoms with Gasteiger partial charge in [0.1, 0.15) is 19.3 Å². The average molecular weight is 749 g/mol. The van der Waals surface area contributed by atoms with E-state index < -0.39 is 13.9 Å². The van der Waals surface area contributed by atoms with E-state index in [1.54, 1.807) is 0 Å². The third-order valence-corrected chi connectivity index (χ3v) is 10.4. The summed E-state index contributed by atoms with van der Waals surface area (Å²) in [6, 6.07) is 0. The number of carbonyl (C=O) groups is 2. The van der Waals surface area contributed by atoms with Crippen molar-refractivity contribution < 1.29 is 42.1 Å². The zero-order chi connectivity index (χ0) is 37.9. The summed E-state index contributed by atoms with van der Waals surface area (Å²) < 4.78 is 34.7. The first kappa shape index (κ1) is 50.0. The third kappa shape index (κ3) is 38.5. The van der Waals surface area contributed by atoms with Crippen molar-refractivity contribution in [1.29, 1.82) is 0 Å². The Hall–Kier alpha value is -0.990. The number of quaternary nitrogens is 1. The van der Waals surface area contributed by atoms with E-state index in [9.17, 15) is 19.0 Å². The first-order valence-electron chi connectivity index (χ1n) is 21.3. The zero-order valence-corrected chi connectivity index (χ0v) is 35.0. The molecule has 0 aromatic carbocycles. The molecule has 1 atom stereocenters. The van der Waals surface area contributed by atoms with Crippen LogP contribution in [0.2, 0.25) is 0 Å². The Kier molecular flexibility index (Phi) is 34.1. The summed E-state index contributed by atoms with van der Waals surface area (Å²) in [5.41, 5.74) is 0. The van der Waals surface area contributed by atoms with E-state index in [1.807, 2.05) is 21.1 Å². The van der Waals surface area contributed by atoms with Crippen LogP contribution in [0.5, 0.6) is 0 Å². The Bertz CT molecular complexity index is 804. The van der Waals surface area contributed by atoms with Gasteiger partial charge >= 0.3 is 19.8 Å². The number of phosphoric ester groups is 1. The number of esters is 2. The summed E-state index contributed by atoms with van der Waals surface area (Å²) in [4.78, 5) is 35.3. The summed E-state index contributed by atoms with van der Waals surface area (Å²) in [5, 5.41) is 0. The van der Waals surface area contributed by atoms with Crippen LogP contribution in [-0.4, -0.2) is 74.9 Å². The Labute approximate surface area is 314 Å². The molecule has 0 aliphatic rings. The van der Waals surface area contributed by atoms with Crippen LogP contribution in [0.1, 0.15) is 200 Å². The van der Waals surface area contributed by atoms with Crippen molar-refractivity contribution >= 4 is 19.8 Å². The van der Waals surface area contributed by atoms with Crippen molar-refractivity contribution in [1.82, 2.24) is 0 Å². The normalized spacial score (nSPS) is 13.1. The second-order valence-electron chi connectivity index (χ2n) is 15.7. The van der Waals surface area contributed by atoms with Crippen LogP contribution in [0.25, 0.3) is 0 Å². The van der Waals surface area contributed by atoms with Crippen LogP contribution in [0.4, 0.5) is 0 Å². The molecule has 0 rings (SSSR count). The van der Waals surface area contributed by atoms with Crippen LogP contribution in [0.3, 0.4) is 0 Å². The molecule has 0 bridgehead atoms. The van der Waals surface area contributed by atoms with Gasteiger partial charge in [-0.2, -0.15) is 0 Å². The number of carbonyl (C=O) groups excluding carboxylic acids is 2. The van der Waals surface area contributed by atoms with Crippen molar-refractivity contribution in [3.63, 3.8) is 0 Å². The van der Waals surface area contributed by atoms with E-state index in [2.05, 4.69) is 13.8 Å². The average Bonchev–Trinajstić information content (AvgIpc) is 3.08. The van der Waals surface area contributed by atoms with Crippen molar-refractivity contribution in [2.45, 2.75) is 206 Å². The second kappa shape index (κ2) is 34.8. The summed E-state index contributed by atoms with van der Waals surface area (Å²) in [6.07, 6.45) is 31.9. The number of hydrogen-bond donors (Lipinski definition) is 1. The molecule has 51 heavy (non-hydrogen) atoms. The van der Waals surface area contributed by atoms with Gasteiger partial charge in [0.05, 0.1) is 34.3 Å². The molecular weight excluding hydrogens is 665 g/mol. The van der Waals surface area contributed by atoms with Crippen LogP contribution in [0, 0.1) is 0 Å². The molecule has 0 aliphatic heterocycles. The first-order chi connectivity index (χ1) is 24.5. The fourth-order valence-electron chi connectivity index (χ4n) is 6.14. The maximum absolute atomic E-state index is 12.7. The van der Waals surface area contributed by atoms with E-state index in [1.165, 1.54) is 128 Å². The van der Waals surface area contributed by atoms with E-state index in [-0.39, 0.29) is 44.6 Å². The Morgan fingerprint density at radius 1 is 0.529 bits per heavy atom. The Morgan fingerprint density at radius 3 is 1.16 bits per heavy atom. The highest BCUT2D eigenvalue weighted by Crippen LogP contribution is 2.44. The lowest BCUT2D eigenvalue weighted by atomic mass is 10.0. The highest BCUT2D eigenvalue weighted by Gasteiger charge is 2.29. The molecule has 304 valence electrons. The van der Waals surface area contributed by atoms with Crippen LogP contribution >= 0.6 is 7.82 Å². The molecule has 1 N–H and O–H groups in total. The second-order valence-corrected chi connectivity index (χ2v) is 17.2.